The number of benzene rings is 1. The number of rotatable bonds is 2. The zero-order chi connectivity index (χ0) is 17.5. The number of anilines is 1. The highest BCUT2D eigenvalue weighted by Crippen LogP contribution is 2.35. The zero-order valence-corrected chi connectivity index (χ0v) is 14.6. The summed E-state index contributed by atoms with van der Waals surface area (Å²) >= 11 is 5.98. The number of fused-ring (bicyclic) bond motifs is 1. The average molecular weight is 348 g/mol. The van der Waals surface area contributed by atoms with Crippen molar-refractivity contribution in [1.29, 1.82) is 0 Å². The molecule has 1 aliphatic rings. The van der Waals surface area contributed by atoms with Gasteiger partial charge in [0.2, 0.25) is 5.95 Å². The lowest BCUT2D eigenvalue weighted by atomic mass is 9.95. The maximum absolute atomic E-state index is 12.8. The van der Waals surface area contributed by atoms with Crippen molar-refractivity contribution in [3.8, 4) is 0 Å². The van der Waals surface area contributed by atoms with Crippen molar-refractivity contribution in [1.82, 2.24) is 20.2 Å². The number of halogens is 1. The van der Waals surface area contributed by atoms with E-state index in [1.807, 2.05) is 32.9 Å². The Kier molecular flexibility index (Phi) is 4.04. The molecule has 1 aromatic heterocycles. The summed E-state index contributed by atoms with van der Waals surface area (Å²) in [4.78, 5) is 12.8. The Labute approximate surface area is 144 Å². The molecule has 1 aromatic carbocycles. The maximum atomic E-state index is 12.8. The number of carbonyl (C=O) groups is 1. The number of hydrogen-bond acceptors (Lipinski definition) is 6. The second-order valence-electron chi connectivity index (χ2n) is 6.57. The molecule has 1 atom stereocenters. The van der Waals surface area contributed by atoms with Crippen LogP contribution in [0, 0.1) is 0 Å². The number of carbonyl (C=O) groups excluding carboxylic acids is 1. The lowest BCUT2D eigenvalue weighted by Gasteiger charge is -2.29. The molecule has 0 amide bonds. The first-order chi connectivity index (χ1) is 11.3. The van der Waals surface area contributed by atoms with Gasteiger partial charge in [-0.1, -0.05) is 28.8 Å². The molecule has 0 saturated carbocycles. The van der Waals surface area contributed by atoms with Gasteiger partial charge in [-0.2, -0.15) is 4.68 Å². The van der Waals surface area contributed by atoms with Crippen molar-refractivity contribution in [2.75, 3.05) is 5.32 Å². The van der Waals surface area contributed by atoms with Gasteiger partial charge in [0.05, 0.1) is 5.57 Å². The first-order valence-corrected chi connectivity index (χ1v) is 7.88. The number of hydrogen-bond donors (Lipinski definition) is 1. The Morgan fingerprint density at radius 1 is 1.29 bits per heavy atom. The molecule has 0 spiro atoms. The van der Waals surface area contributed by atoms with E-state index in [0.29, 0.717) is 22.2 Å². The molecule has 0 fully saturated rings. The van der Waals surface area contributed by atoms with Crippen LogP contribution in [0.1, 0.15) is 39.3 Å². The summed E-state index contributed by atoms with van der Waals surface area (Å²) in [6.07, 6.45) is 0. The lowest BCUT2D eigenvalue weighted by molar-refractivity contribution is -0.150. The summed E-state index contributed by atoms with van der Waals surface area (Å²) in [7, 11) is 0. The Bertz CT molecular complexity index is 805. The molecule has 126 valence electrons. The minimum Gasteiger partial charge on any atom is -0.456 e. The molecular weight excluding hydrogens is 330 g/mol. The molecule has 24 heavy (non-hydrogen) atoms. The lowest BCUT2D eigenvalue weighted by Crippen LogP contribution is -2.33. The van der Waals surface area contributed by atoms with Crippen LogP contribution in [0.25, 0.3) is 0 Å². The SMILES string of the molecule is CC1=C(C(=O)OC(C)(C)C)[C@@H](c2ccc(Cl)cc2)n2nnnc2N1. The van der Waals surface area contributed by atoms with Crippen molar-refractivity contribution in [2.24, 2.45) is 0 Å². The van der Waals surface area contributed by atoms with Crippen molar-refractivity contribution < 1.29 is 9.53 Å². The van der Waals surface area contributed by atoms with Gasteiger partial charge >= 0.3 is 5.97 Å². The highest BCUT2D eigenvalue weighted by Gasteiger charge is 2.36. The van der Waals surface area contributed by atoms with Gasteiger partial charge in [-0.15, -0.1) is 0 Å². The van der Waals surface area contributed by atoms with Crippen molar-refractivity contribution in [2.45, 2.75) is 39.3 Å². The summed E-state index contributed by atoms with van der Waals surface area (Å²) < 4.78 is 7.13. The number of aromatic nitrogens is 4. The normalized spacial score (nSPS) is 17.3. The highest BCUT2D eigenvalue weighted by molar-refractivity contribution is 6.30. The fourth-order valence-electron chi connectivity index (χ4n) is 2.56. The molecule has 8 heteroatoms. The van der Waals surface area contributed by atoms with E-state index in [1.165, 1.54) is 0 Å². The second kappa shape index (κ2) is 5.90. The van der Waals surface area contributed by atoms with Gasteiger partial charge in [-0.25, -0.2) is 4.79 Å². The van der Waals surface area contributed by atoms with Crippen LogP contribution in [0.15, 0.2) is 35.5 Å². The van der Waals surface area contributed by atoms with Gasteiger partial charge in [0.15, 0.2) is 0 Å². The van der Waals surface area contributed by atoms with E-state index in [1.54, 1.807) is 23.7 Å². The molecular formula is C16H18ClN5O2. The third-order valence-electron chi connectivity index (χ3n) is 3.52. The quantitative estimate of drug-likeness (QED) is 0.841. The number of tetrazole rings is 1. The van der Waals surface area contributed by atoms with Crippen LogP contribution in [0.5, 0.6) is 0 Å². The van der Waals surface area contributed by atoms with Gasteiger partial charge in [-0.3, -0.25) is 0 Å². The van der Waals surface area contributed by atoms with Crippen LogP contribution in [-0.2, 0) is 9.53 Å². The number of nitrogens with zero attached hydrogens (tertiary/aromatic N) is 4. The Hall–Kier alpha value is -2.41. The second-order valence-corrected chi connectivity index (χ2v) is 7.00. The number of esters is 1. The molecule has 3 rings (SSSR count). The fraction of sp³-hybridized carbons (Fsp3) is 0.375. The summed E-state index contributed by atoms with van der Waals surface area (Å²) in [6.45, 7) is 7.30. The molecule has 0 unspecified atom stereocenters. The van der Waals surface area contributed by atoms with Gasteiger partial charge < -0.3 is 10.1 Å². The summed E-state index contributed by atoms with van der Waals surface area (Å²) in [5.74, 6) is 0.0633. The minimum absolute atomic E-state index is 0.409. The van der Waals surface area contributed by atoms with Crippen LogP contribution in [0.2, 0.25) is 5.02 Å². The molecule has 2 aromatic rings. The number of nitrogens with one attached hydrogen (secondary N) is 1. The van der Waals surface area contributed by atoms with E-state index in [9.17, 15) is 4.79 Å². The third kappa shape index (κ3) is 3.12. The first kappa shape index (κ1) is 16.4. The van der Waals surface area contributed by atoms with E-state index < -0.39 is 17.6 Å². The standard InChI is InChI=1S/C16H18ClN5O2/c1-9-12(14(23)24-16(2,3)4)13(10-5-7-11(17)8-6-10)22-15(18-9)19-20-21-22/h5-8,13H,1-4H3,(H,18,19,21)/t13-/m1/s1. The van der Waals surface area contributed by atoms with E-state index in [4.69, 9.17) is 16.3 Å². The molecule has 2 heterocycles. The highest BCUT2D eigenvalue weighted by atomic mass is 35.5. The maximum Gasteiger partial charge on any atom is 0.338 e. The van der Waals surface area contributed by atoms with Crippen LogP contribution in [0.3, 0.4) is 0 Å². The van der Waals surface area contributed by atoms with Crippen LogP contribution < -0.4 is 5.32 Å². The summed E-state index contributed by atoms with van der Waals surface area (Å²) in [5.41, 5.74) is 1.36. The summed E-state index contributed by atoms with van der Waals surface area (Å²) in [5, 5.41) is 15.3. The van der Waals surface area contributed by atoms with Gasteiger partial charge in [0.25, 0.3) is 0 Å². The third-order valence-corrected chi connectivity index (χ3v) is 3.77. The predicted molar refractivity (Wildman–Crippen MR) is 89.6 cm³/mol. The van der Waals surface area contributed by atoms with E-state index >= 15 is 0 Å². The van der Waals surface area contributed by atoms with Gasteiger partial charge in [0, 0.05) is 10.7 Å². The van der Waals surface area contributed by atoms with Crippen molar-refractivity contribution in [3.63, 3.8) is 0 Å². The Morgan fingerprint density at radius 2 is 1.96 bits per heavy atom. The number of allylic oxidation sites excluding steroid dienone is 1. The number of ether oxygens (including phenoxy) is 1. The largest absolute Gasteiger partial charge is 0.456 e. The monoisotopic (exact) mass is 347 g/mol. The molecule has 0 aliphatic carbocycles. The fourth-order valence-corrected chi connectivity index (χ4v) is 2.69. The molecule has 1 N–H and O–H groups in total. The first-order valence-electron chi connectivity index (χ1n) is 7.51. The zero-order valence-electron chi connectivity index (χ0n) is 13.9. The predicted octanol–water partition coefficient (Wildman–Crippen LogP) is 2.96. The van der Waals surface area contributed by atoms with E-state index in [-0.39, 0.29) is 0 Å². The van der Waals surface area contributed by atoms with Crippen molar-refractivity contribution >= 4 is 23.5 Å². The van der Waals surface area contributed by atoms with Crippen LogP contribution in [0.4, 0.5) is 5.95 Å². The molecule has 0 saturated heterocycles. The van der Waals surface area contributed by atoms with Crippen molar-refractivity contribution in [3.05, 3.63) is 46.1 Å². The smallest absolute Gasteiger partial charge is 0.338 e. The van der Waals surface area contributed by atoms with Crippen LogP contribution in [-0.4, -0.2) is 31.8 Å². The van der Waals surface area contributed by atoms with Crippen LogP contribution >= 0.6 is 11.6 Å². The molecule has 0 radical (unpaired) electrons. The topological polar surface area (TPSA) is 81.9 Å². The minimum atomic E-state index is -0.601. The summed E-state index contributed by atoms with van der Waals surface area (Å²) in [6, 6.07) is 6.75. The Morgan fingerprint density at radius 3 is 2.58 bits per heavy atom. The van der Waals surface area contributed by atoms with Gasteiger partial charge in [-0.05, 0) is 55.8 Å². The van der Waals surface area contributed by atoms with Gasteiger partial charge in [0.1, 0.15) is 11.6 Å². The van der Waals surface area contributed by atoms with E-state index in [2.05, 4.69) is 20.8 Å². The molecule has 1 aliphatic heterocycles. The molecule has 0 bridgehead atoms. The average Bonchev–Trinajstić information content (AvgIpc) is 2.92. The molecule has 7 nitrogen and oxygen atoms in total. The van der Waals surface area contributed by atoms with E-state index in [0.717, 1.165) is 5.56 Å². The Balaban J connectivity index is 2.10.